The molecule has 100 valence electrons. The molecule has 2 N–H and O–H groups in total. The molecule has 2 aromatic rings. The molecule has 0 aromatic carbocycles. The van der Waals surface area contributed by atoms with Gasteiger partial charge < -0.3 is 5.32 Å². The van der Waals surface area contributed by atoms with E-state index in [-0.39, 0.29) is 5.91 Å². The summed E-state index contributed by atoms with van der Waals surface area (Å²) in [4.78, 5) is 11.7. The molecule has 0 aliphatic carbocycles. The van der Waals surface area contributed by atoms with Crippen molar-refractivity contribution in [2.45, 2.75) is 19.8 Å². The van der Waals surface area contributed by atoms with E-state index in [0.29, 0.717) is 5.82 Å². The van der Waals surface area contributed by atoms with Crippen LogP contribution in [-0.4, -0.2) is 25.9 Å². The second-order valence-electron chi connectivity index (χ2n) is 4.23. The van der Waals surface area contributed by atoms with Gasteiger partial charge in [-0.3, -0.25) is 14.6 Å². The van der Waals surface area contributed by atoms with Gasteiger partial charge in [-0.15, -0.1) is 0 Å². The second-order valence-corrected chi connectivity index (χ2v) is 4.23. The average Bonchev–Trinajstić information content (AvgIpc) is 2.97. The Labute approximate surface area is 111 Å². The van der Waals surface area contributed by atoms with Crippen molar-refractivity contribution in [1.29, 1.82) is 0 Å². The molecule has 0 bridgehead atoms. The molecule has 6 nitrogen and oxygen atoms in total. The number of rotatable bonds is 5. The van der Waals surface area contributed by atoms with Gasteiger partial charge in [-0.1, -0.05) is 13.3 Å². The van der Waals surface area contributed by atoms with Crippen molar-refractivity contribution in [1.82, 2.24) is 20.0 Å². The molecule has 2 rings (SSSR count). The second kappa shape index (κ2) is 5.99. The summed E-state index contributed by atoms with van der Waals surface area (Å²) >= 11 is 0. The Hall–Kier alpha value is -2.37. The monoisotopic (exact) mass is 259 g/mol. The lowest BCUT2D eigenvalue weighted by Crippen LogP contribution is -2.08. The van der Waals surface area contributed by atoms with E-state index in [1.54, 1.807) is 17.0 Å². The third-order valence-corrected chi connectivity index (χ3v) is 2.67. The van der Waals surface area contributed by atoms with Crippen molar-refractivity contribution >= 4 is 17.8 Å². The highest BCUT2D eigenvalue weighted by Gasteiger charge is 2.03. The number of hydrogen-bond donors (Lipinski definition) is 2. The molecule has 6 heteroatoms. The molecule has 0 aliphatic heterocycles. The summed E-state index contributed by atoms with van der Waals surface area (Å²) in [6.07, 6.45) is 6.82. The zero-order chi connectivity index (χ0) is 13.7. The van der Waals surface area contributed by atoms with E-state index in [4.69, 9.17) is 0 Å². The van der Waals surface area contributed by atoms with E-state index in [9.17, 15) is 4.79 Å². The molecular weight excluding hydrogens is 242 g/mol. The summed E-state index contributed by atoms with van der Waals surface area (Å²) in [7, 11) is 1.82. The summed E-state index contributed by atoms with van der Waals surface area (Å²) in [6, 6.07) is 3.68. The van der Waals surface area contributed by atoms with Crippen molar-refractivity contribution in [3.8, 4) is 0 Å². The first-order valence-electron chi connectivity index (χ1n) is 6.20. The van der Waals surface area contributed by atoms with Gasteiger partial charge in [0.2, 0.25) is 5.91 Å². The highest BCUT2D eigenvalue weighted by atomic mass is 16.1. The lowest BCUT2D eigenvalue weighted by molar-refractivity contribution is -0.111. The molecule has 0 unspecified atom stereocenters. The van der Waals surface area contributed by atoms with Crippen molar-refractivity contribution in [2.24, 2.45) is 7.05 Å². The van der Waals surface area contributed by atoms with Gasteiger partial charge in [0.25, 0.3) is 0 Å². The number of hydrogen-bond acceptors (Lipinski definition) is 3. The van der Waals surface area contributed by atoms with E-state index in [2.05, 4.69) is 27.5 Å². The molecule has 2 heterocycles. The number of aryl methyl sites for hydroxylation is 2. The lowest BCUT2D eigenvalue weighted by atomic mass is 10.2. The minimum absolute atomic E-state index is 0.212. The Balaban J connectivity index is 1.93. The summed E-state index contributed by atoms with van der Waals surface area (Å²) in [6.45, 7) is 2.09. The zero-order valence-corrected chi connectivity index (χ0v) is 11.1. The van der Waals surface area contributed by atoms with Crippen molar-refractivity contribution in [3.63, 3.8) is 0 Å². The van der Waals surface area contributed by atoms with Crippen LogP contribution < -0.4 is 5.32 Å². The number of aromatic nitrogens is 4. The molecule has 2 aromatic heterocycles. The summed E-state index contributed by atoms with van der Waals surface area (Å²) in [5, 5.41) is 13.6. The normalized spacial score (nSPS) is 11.1. The molecule has 0 saturated heterocycles. The molecule has 0 spiro atoms. The smallest absolute Gasteiger partial charge is 0.249 e. The van der Waals surface area contributed by atoms with Gasteiger partial charge >= 0.3 is 0 Å². The largest absolute Gasteiger partial charge is 0.306 e. The fraction of sp³-hybridized carbons (Fsp3) is 0.308. The predicted octanol–water partition coefficient (Wildman–Crippen LogP) is 1.75. The third-order valence-electron chi connectivity index (χ3n) is 2.67. The summed E-state index contributed by atoms with van der Waals surface area (Å²) in [5.74, 6) is 0.332. The average molecular weight is 259 g/mol. The molecule has 19 heavy (non-hydrogen) atoms. The minimum Gasteiger partial charge on any atom is -0.306 e. The van der Waals surface area contributed by atoms with Crippen molar-refractivity contribution < 1.29 is 4.79 Å². The molecule has 0 fully saturated rings. The highest BCUT2D eigenvalue weighted by molar-refractivity contribution is 6.01. The fourth-order valence-electron chi connectivity index (χ4n) is 1.70. The van der Waals surface area contributed by atoms with Crippen LogP contribution in [0.4, 0.5) is 5.82 Å². The van der Waals surface area contributed by atoms with E-state index >= 15 is 0 Å². The van der Waals surface area contributed by atoms with Gasteiger partial charge in [0.05, 0.1) is 5.69 Å². The number of nitrogens with zero attached hydrogens (tertiary/aromatic N) is 3. The number of carbonyl (C=O) groups is 1. The Morgan fingerprint density at radius 1 is 1.58 bits per heavy atom. The van der Waals surface area contributed by atoms with Crippen LogP contribution in [0.5, 0.6) is 0 Å². The fourth-order valence-corrected chi connectivity index (χ4v) is 1.70. The molecule has 1 amide bonds. The quantitative estimate of drug-likeness (QED) is 0.803. The minimum atomic E-state index is -0.212. The van der Waals surface area contributed by atoms with E-state index in [0.717, 1.165) is 24.2 Å². The number of amides is 1. The van der Waals surface area contributed by atoms with E-state index < -0.39 is 0 Å². The summed E-state index contributed by atoms with van der Waals surface area (Å²) < 4.78 is 1.69. The molecule has 0 atom stereocenters. The number of nitrogens with one attached hydrogen (secondary N) is 2. The van der Waals surface area contributed by atoms with Crippen LogP contribution >= 0.6 is 0 Å². The van der Waals surface area contributed by atoms with Gasteiger partial charge in [0.1, 0.15) is 0 Å². The third kappa shape index (κ3) is 3.54. The standard InChI is InChI=1S/C13H17N5O/c1-3-4-10-9-12(17-16-10)15-13(19)6-5-11-7-8-14-18(11)2/h5-9H,3-4H2,1-2H3,(H2,15,16,17,19)/b6-5+. The molecule has 0 saturated carbocycles. The summed E-state index contributed by atoms with van der Waals surface area (Å²) in [5.41, 5.74) is 1.89. The van der Waals surface area contributed by atoms with Crippen molar-refractivity contribution in [3.05, 3.63) is 35.8 Å². The Bertz CT molecular complexity index is 581. The lowest BCUT2D eigenvalue weighted by Gasteiger charge is -1.96. The van der Waals surface area contributed by atoms with Crippen LogP contribution in [0.25, 0.3) is 6.08 Å². The first kappa shape index (κ1) is 13.1. The predicted molar refractivity (Wildman–Crippen MR) is 73.5 cm³/mol. The van der Waals surface area contributed by atoms with Gasteiger partial charge in [-0.05, 0) is 18.6 Å². The van der Waals surface area contributed by atoms with Gasteiger partial charge in [-0.2, -0.15) is 10.2 Å². The molecular formula is C13H17N5O. The Kier molecular flexibility index (Phi) is 4.12. The first-order valence-corrected chi connectivity index (χ1v) is 6.20. The SMILES string of the molecule is CCCc1cc(NC(=O)/C=C/c2ccnn2C)n[nH]1. The van der Waals surface area contributed by atoms with Crippen LogP contribution in [-0.2, 0) is 18.3 Å². The Morgan fingerprint density at radius 3 is 3.11 bits per heavy atom. The van der Waals surface area contributed by atoms with E-state index in [1.807, 2.05) is 19.2 Å². The van der Waals surface area contributed by atoms with Crippen LogP contribution in [0, 0.1) is 0 Å². The van der Waals surface area contributed by atoms with Crippen LogP contribution in [0.15, 0.2) is 24.4 Å². The van der Waals surface area contributed by atoms with Crippen LogP contribution in [0.2, 0.25) is 0 Å². The zero-order valence-electron chi connectivity index (χ0n) is 11.1. The van der Waals surface area contributed by atoms with Crippen molar-refractivity contribution in [2.75, 3.05) is 5.32 Å². The topological polar surface area (TPSA) is 75.6 Å². The molecule has 0 radical (unpaired) electrons. The number of aromatic amines is 1. The number of anilines is 1. The molecule has 0 aliphatic rings. The first-order chi connectivity index (χ1) is 9.19. The van der Waals surface area contributed by atoms with Gasteiger partial charge in [-0.25, -0.2) is 0 Å². The van der Waals surface area contributed by atoms with Gasteiger partial charge in [0.15, 0.2) is 5.82 Å². The number of H-pyrrole nitrogens is 1. The maximum atomic E-state index is 11.7. The highest BCUT2D eigenvalue weighted by Crippen LogP contribution is 2.07. The van der Waals surface area contributed by atoms with Crippen LogP contribution in [0.3, 0.4) is 0 Å². The Morgan fingerprint density at radius 2 is 2.42 bits per heavy atom. The number of carbonyl (C=O) groups excluding carboxylic acids is 1. The maximum absolute atomic E-state index is 11.7. The van der Waals surface area contributed by atoms with Crippen LogP contribution in [0.1, 0.15) is 24.7 Å². The van der Waals surface area contributed by atoms with E-state index in [1.165, 1.54) is 6.08 Å². The van der Waals surface area contributed by atoms with Gasteiger partial charge in [0, 0.05) is 31.1 Å². The maximum Gasteiger partial charge on any atom is 0.249 e.